The summed E-state index contributed by atoms with van der Waals surface area (Å²) >= 11 is 0. The molecule has 0 aromatic heterocycles. The molecule has 24 nitrogen and oxygen atoms in total. The van der Waals surface area contributed by atoms with Crippen molar-refractivity contribution in [1.82, 2.24) is 0 Å². The van der Waals surface area contributed by atoms with Crippen LogP contribution in [0.2, 0.25) is 0 Å². The van der Waals surface area contributed by atoms with Crippen molar-refractivity contribution < 1.29 is 117 Å². The maximum atomic E-state index is 14.1. The van der Waals surface area contributed by atoms with E-state index in [0.29, 0.717) is 25.7 Å². The SMILES string of the molecule is CCCCC[C@H]1CCCCCCCCCC(=O)O[C@@H]2[C@@H](O[C@@H]3O[C@H](C)[C@@H](OC(=O)C(C)C(C)O)[C@H](O)[C@H]3O)[C@H](C)O[C@@H](O[C@H]3[C@H](O[C@H]4[C@H](O1)O[C@H](C)[C@@H](O)[C@@H]4O)O[C@H](COC(=O)C(C)C(C)O)[C@@H](O)[C@@H]3O)[C@@H]2OC(=O)C(C)CC. The fourth-order valence-corrected chi connectivity index (χ4v) is 10.0. The topological polar surface area (TPSA) is 341 Å². The summed E-state index contributed by atoms with van der Waals surface area (Å²) in [5.74, 6) is -6.02. The van der Waals surface area contributed by atoms with Gasteiger partial charge >= 0.3 is 23.9 Å². The zero-order chi connectivity index (χ0) is 58.4. The van der Waals surface area contributed by atoms with Gasteiger partial charge in [-0.15, -0.1) is 0 Å². The lowest BCUT2D eigenvalue weighted by Crippen LogP contribution is -2.68. The quantitative estimate of drug-likeness (QED) is 0.0623. The molecule has 5 heterocycles. The summed E-state index contributed by atoms with van der Waals surface area (Å²) < 4.78 is 74.4. The normalized spacial score (nSPS) is 40.5. The van der Waals surface area contributed by atoms with Crippen LogP contribution in [-0.4, -0.2) is 212 Å². The van der Waals surface area contributed by atoms with Crippen molar-refractivity contribution in [3.05, 3.63) is 0 Å². The first-order valence-corrected chi connectivity index (χ1v) is 28.9. The minimum Gasteiger partial charge on any atom is -0.463 e. The minimum absolute atomic E-state index is 0.0836. The Labute approximate surface area is 464 Å². The van der Waals surface area contributed by atoms with Crippen LogP contribution in [0.15, 0.2) is 0 Å². The standard InChI is InChI=1S/C55H94O24/c1-11-13-19-22-34-23-20-17-15-14-16-18-21-24-36(58)74-47-44(77-52-42(64)41(63)43(32(9)70-52)75-51(67)28(5)30(7)57)33(10)71-55(48(47)76-49(65)26(3)12-2)79-46-40(62)38(60)35(25-68-50(66)27(4)29(6)56)73-54(46)78-45-39(61)37(59)31(8)69-53(45)72-34/h26-35,37-48,52-57,59-64H,11-25H2,1-10H3/t26?,27?,28?,29?,30?,31-,32-,33+,34+,35-,37-,38-,39+,40+,41-,42-,43-,44+,45-,46-,47-,48-,52+,53+,54+,55+/m1/s1. The first kappa shape index (κ1) is 67.0. The molecule has 5 aliphatic heterocycles. The van der Waals surface area contributed by atoms with E-state index in [1.54, 1.807) is 20.8 Å². The van der Waals surface area contributed by atoms with Gasteiger partial charge in [0.1, 0.15) is 67.6 Å². The summed E-state index contributed by atoms with van der Waals surface area (Å²) in [6, 6.07) is 0. The van der Waals surface area contributed by atoms with E-state index in [1.807, 2.05) is 0 Å². The summed E-state index contributed by atoms with van der Waals surface area (Å²) in [5.41, 5.74) is 0. The van der Waals surface area contributed by atoms with Crippen LogP contribution in [0.1, 0.15) is 159 Å². The van der Waals surface area contributed by atoms with E-state index in [0.717, 1.165) is 51.4 Å². The molecule has 5 unspecified atom stereocenters. The third-order valence-electron chi connectivity index (χ3n) is 16.0. The van der Waals surface area contributed by atoms with Gasteiger partial charge in [0.2, 0.25) is 0 Å². The van der Waals surface area contributed by atoms with Crippen LogP contribution in [0.25, 0.3) is 0 Å². The van der Waals surface area contributed by atoms with Crippen molar-refractivity contribution in [3.63, 3.8) is 0 Å². The summed E-state index contributed by atoms with van der Waals surface area (Å²) in [5, 5.41) is 90.1. The minimum atomic E-state index is -2.03. The Bertz CT molecular complexity index is 1860. The lowest BCUT2D eigenvalue weighted by molar-refractivity contribution is -0.399. The molecule has 0 radical (unpaired) electrons. The molecule has 5 fully saturated rings. The Morgan fingerprint density at radius 3 is 1.75 bits per heavy atom. The van der Waals surface area contributed by atoms with Crippen molar-refractivity contribution in [2.45, 2.75) is 300 Å². The highest BCUT2D eigenvalue weighted by molar-refractivity contribution is 5.73. The molecule has 0 aromatic carbocycles. The van der Waals surface area contributed by atoms with Gasteiger partial charge in [-0.05, 0) is 74.1 Å². The molecule has 0 amide bonds. The molecule has 5 aliphatic rings. The fourth-order valence-electron chi connectivity index (χ4n) is 10.0. The second kappa shape index (κ2) is 31.8. The molecule has 5 rings (SSSR count). The van der Waals surface area contributed by atoms with E-state index in [1.165, 1.54) is 41.5 Å². The Kier molecular flexibility index (Phi) is 27.0. The van der Waals surface area contributed by atoms with Gasteiger partial charge in [-0.3, -0.25) is 19.2 Å². The van der Waals surface area contributed by atoms with Crippen LogP contribution in [0, 0.1) is 17.8 Å². The Hall–Kier alpha value is -2.76. The second-order valence-electron chi connectivity index (χ2n) is 22.4. The number of ether oxygens (including phenoxy) is 12. The van der Waals surface area contributed by atoms with Crippen LogP contribution in [0.4, 0.5) is 0 Å². The molecule has 458 valence electrons. The largest absolute Gasteiger partial charge is 0.463 e. The zero-order valence-corrected chi connectivity index (χ0v) is 47.7. The number of fused-ring (bicyclic) bond motifs is 4. The number of rotatable bonds is 16. The van der Waals surface area contributed by atoms with Crippen molar-refractivity contribution in [2.24, 2.45) is 17.8 Å². The highest BCUT2D eigenvalue weighted by Crippen LogP contribution is 2.38. The average Bonchev–Trinajstić information content (AvgIpc) is 3.47. The van der Waals surface area contributed by atoms with Crippen molar-refractivity contribution in [3.8, 4) is 0 Å². The van der Waals surface area contributed by atoms with E-state index in [9.17, 15) is 60.0 Å². The molecule has 26 atom stereocenters. The maximum absolute atomic E-state index is 14.1. The average molecular weight is 1140 g/mol. The Balaban J connectivity index is 1.58. The van der Waals surface area contributed by atoms with E-state index < -0.39 is 183 Å². The fraction of sp³-hybridized carbons (Fsp3) is 0.927. The number of aliphatic hydroxyl groups is 8. The molecule has 0 spiro atoms. The van der Waals surface area contributed by atoms with Crippen LogP contribution < -0.4 is 0 Å². The van der Waals surface area contributed by atoms with Gasteiger partial charge in [-0.25, -0.2) is 0 Å². The molecule has 2 bridgehead atoms. The third-order valence-corrected chi connectivity index (χ3v) is 16.0. The molecule has 5 saturated heterocycles. The van der Waals surface area contributed by atoms with Gasteiger partial charge in [0.05, 0.1) is 54.4 Å². The summed E-state index contributed by atoms with van der Waals surface area (Å²) in [4.78, 5) is 53.9. The third kappa shape index (κ3) is 18.1. The van der Waals surface area contributed by atoms with Crippen LogP contribution in [0.3, 0.4) is 0 Å². The molecule has 8 N–H and O–H groups in total. The van der Waals surface area contributed by atoms with E-state index in [4.69, 9.17) is 56.8 Å². The van der Waals surface area contributed by atoms with Gasteiger partial charge in [-0.1, -0.05) is 78.6 Å². The van der Waals surface area contributed by atoms with Crippen molar-refractivity contribution in [2.75, 3.05) is 6.61 Å². The van der Waals surface area contributed by atoms with E-state index in [-0.39, 0.29) is 18.9 Å². The van der Waals surface area contributed by atoms with Gasteiger partial charge in [0, 0.05) is 6.42 Å². The van der Waals surface area contributed by atoms with E-state index >= 15 is 0 Å². The van der Waals surface area contributed by atoms with Crippen LogP contribution in [-0.2, 0) is 76.0 Å². The predicted molar refractivity (Wildman–Crippen MR) is 275 cm³/mol. The first-order valence-electron chi connectivity index (χ1n) is 28.9. The Morgan fingerprint density at radius 2 is 1.11 bits per heavy atom. The molecular weight excluding hydrogens is 1040 g/mol. The van der Waals surface area contributed by atoms with Crippen LogP contribution in [0.5, 0.6) is 0 Å². The molecule has 0 saturated carbocycles. The van der Waals surface area contributed by atoms with Crippen LogP contribution >= 0.6 is 0 Å². The number of hydrogen-bond acceptors (Lipinski definition) is 24. The maximum Gasteiger partial charge on any atom is 0.311 e. The summed E-state index contributed by atoms with van der Waals surface area (Å²) in [6.07, 6.45) is -25.5. The predicted octanol–water partition coefficient (Wildman–Crippen LogP) is 2.12. The lowest BCUT2D eigenvalue weighted by atomic mass is 9.95. The van der Waals surface area contributed by atoms with Gasteiger partial charge in [-0.2, -0.15) is 0 Å². The number of unbranched alkanes of at least 4 members (excludes halogenated alkanes) is 2. The number of hydrogen-bond donors (Lipinski definition) is 8. The second-order valence-corrected chi connectivity index (χ2v) is 22.4. The number of carbonyl (C=O) groups excluding carboxylic acids is 4. The molecule has 0 aromatic rings. The first-order chi connectivity index (χ1) is 37.4. The number of aliphatic hydroxyl groups excluding tert-OH is 8. The molecule has 24 heteroatoms. The van der Waals surface area contributed by atoms with Crippen molar-refractivity contribution >= 4 is 23.9 Å². The summed E-state index contributed by atoms with van der Waals surface area (Å²) in [7, 11) is 0. The smallest absolute Gasteiger partial charge is 0.311 e. The number of esters is 4. The van der Waals surface area contributed by atoms with Gasteiger partial charge < -0.3 is 97.7 Å². The van der Waals surface area contributed by atoms with Crippen molar-refractivity contribution in [1.29, 1.82) is 0 Å². The Morgan fingerprint density at radius 1 is 0.557 bits per heavy atom. The lowest BCUT2D eigenvalue weighted by Gasteiger charge is -2.50. The molecule has 0 aliphatic carbocycles. The van der Waals surface area contributed by atoms with Gasteiger partial charge in [0.25, 0.3) is 0 Å². The highest BCUT2D eigenvalue weighted by Gasteiger charge is 2.58. The molecule has 79 heavy (non-hydrogen) atoms. The molecular formula is C55H94O24. The monoisotopic (exact) mass is 1140 g/mol. The number of carbonyl (C=O) groups is 4. The van der Waals surface area contributed by atoms with E-state index in [2.05, 4.69) is 6.92 Å². The zero-order valence-electron chi connectivity index (χ0n) is 47.7. The highest BCUT2D eigenvalue weighted by atomic mass is 16.8. The van der Waals surface area contributed by atoms with Gasteiger partial charge in [0.15, 0.2) is 43.5 Å². The summed E-state index contributed by atoms with van der Waals surface area (Å²) in [6.45, 7) is 14.9.